The van der Waals surface area contributed by atoms with Gasteiger partial charge in [-0.15, -0.1) is 0 Å². The number of alkyl carbamates (subject to hydrolysis) is 1. The average molecular weight is 434 g/mol. The highest BCUT2D eigenvalue weighted by atomic mass is 16.5. The molecule has 2 aromatic carbocycles. The molecule has 6 rings (SSSR count). The van der Waals surface area contributed by atoms with Gasteiger partial charge in [-0.05, 0) is 53.9 Å². The van der Waals surface area contributed by atoms with Gasteiger partial charge in [0.25, 0.3) is 0 Å². The van der Waals surface area contributed by atoms with E-state index in [2.05, 4.69) is 17.4 Å². The third-order valence-corrected chi connectivity index (χ3v) is 7.32. The molecule has 2 amide bonds. The number of amides is 2. The van der Waals surface area contributed by atoms with Crippen molar-refractivity contribution in [2.75, 3.05) is 19.7 Å². The van der Waals surface area contributed by atoms with E-state index < -0.39 is 17.6 Å². The van der Waals surface area contributed by atoms with Crippen molar-refractivity contribution in [3.05, 3.63) is 59.7 Å². The van der Waals surface area contributed by atoms with Gasteiger partial charge in [0.1, 0.15) is 18.7 Å². The van der Waals surface area contributed by atoms with Crippen LogP contribution in [-0.2, 0) is 14.3 Å². The first kappa shape index (κ1) is 20.5. The van der Waals surface area contributed by atoms with Crippen molar-refractivity contribution in [3.63, 3.8) is 0 Å². The molecule has 2 aromatic rings. The minimum absolute atomic E-state index is 0.0584. The molecule has 0 radical (unpaired) electrons. The number of fused-ring (bicyclic) bond motifs is 6. The number of nitrogens with zero attached hydrogens (tertiary/aromatic N) is 1. The Morgan fingerprint density at radius 3 is 2.19 bits per heavy atom. The number of piperidine rings is 2. The average Bonchev–Trinajstić information content (AvgIpc) is 3.15. The van der Waals surface area contributed by atoms with Gasteiger partial charge in [0.15, 0.2) is 0 Å². The highest BCUT2D eigenvalue weighted by Crippen LogP contribution is 2.45. The molecule has 2 N–H and O–H groups in total. The van der Waals surface area contributed by atoms with Crippen molar-refractivity contribution in [3.8, 4) is 11.1 Å². The molecule has 4 aliphatic rings. The van der Waals surface area contributed by atoms with Crippen LogP contribution < -0.4 is 5.32 Å². The molecular formula is C25H26N2O5. The van der Waals surface area contributed by atoms with Crippen LogP contribution in [0.15, 0.2) is 48.5 Å². The van der Waals surface area contributed by atoms with Crippen LogP contribution in [0.5, 0.6) is 0 Å². The molecule has 2 aliphatic heterocycles. The lowest BCUT2D eigenvalue weighted by Gasteiger charge is -2.51. The maximum atomic E-state index is 12.8. The number of benzene rings is 2. The number of carbonyl (C=O) groups is 3. The number of aliphatic carboxylic acids is 1. The summed E-state index contributed by atoms with van der Waals surface area (Å²) in [4.78, 5) is 38.5. The monoisotopic (exact) mass is 434 g/mol. The van der Waals surface area contributed by atoms with Gasteiger partial charge in [0.2, 0.25) is 5.91 Å². The zero-order valence-corrected chi connectivity index (χ0v) is 17.8. The van der Waals surface area contributed by atoms with Gasteiger partial charge in [-0.3, -0.25) is 4.79 Å². The van der Waals surface area contributed by atoms with E-state index >= 15 is 0 Å². The fourth-order valence-corrected chi connectivity index (χ4v) is 5.60. The van der Waals surface area contributed by atoms with Crippen LogP contribution in [0, 0.1) is 5.92 Å². The van der Waals surface area contributed by atoms with Crippen LogP contribution in [0.25, 0.3) is 11.1 Å². The van der Waals surface area contributed by atoms with Gasteiger partial charge in [0, 0.05) is 12.5 Å². The van der Waals surface area contributed by atoms with Gasteiger partial charge >= 0.3 is 12.1 Å². The Morgan fingerprint density at radius 1 is 1.00 bits per heavy atom. The lowest BCUT2D eigenvalue weighted by Crippen LogP contribution is -2.65. The van der Waals surface area contributed by atoms with Crippen molar-refractivity contribution in [1.82, 2.24) is 10.2 Å². The Balaban J connectivity index is 1.20. The Morgan fingerprint density at radius 2 is 1.59 bits per heavy atom. The summed E-state index contributed by atoms with van der Waals surface area (Å²) in [5.74, 6) is -1.04. The number of rotatable bonds is 5. The van der Waals surface area contributed by atoms with Crippen LogP contribution in [0.3, 0.4) is 0 Å². The second-order valence-corrected chi connectivity index (χ2v) is 8.96. The number of ether oxygens (including phenoxy) is 1. The predicted octanol–water partition coefficient (Wildman–Crippen LogP) is 3.38. The highest BCUT2D eigenvalue weighted by Gasteiger charge is 2.53. The molecule has 2 saturated heterocycles. The van der Waals surface area contributed by atoms with E-state index in [0.29, 0.717) is 25.3 Å². The van der Waals surface area contributed by atoms with E-state index in [1.165, 1.54) is 4.90 Å². The summed E-state index contributed by atoms with van der Waals surface area (Å²) in [5.41, 5.74) is 3.39. The molecule has 2 aliphatic carbocycles. The zero-order chi connectivity index (χ0) is 22.3. The second kappa shape index (κ2) is 7.97. The smallest absolute Gasteiger partial charge is 0.407 e. The number of nitrogens with one attached hydrogen (secondary N) is 1. The molecule has 0 atom stereocenters. The summed E-state index contributed by atoms with van der Waals surface area (Å²) in [5, 5.41) is 12.3. The number of carboxylic acids is 1. The fourth-order valence-electron chi connectivity index (χ4n) is 5.60. The van der Waals surface area contributed by atoms with Gasteiger partial charge in [-0.25, -0.2) is 9.59 Å². The van der Waals surface area contributed by atoms with E-state index in [-0.39, 0.29) is 25.0 Å². The van der Waals surface area contributed by atoms with Crippen LogP contribution in [0.2, 0.25) is 0 Å². The fraction of sp³-hybridized carbons (Fsp3) is 0.400. The summed E-state index contributed by atoms with van der Waals surface area (Å²) in [7, 11) is 0. The molecule has 32 heavy (non-hydrogen) atoms. The van der Waals surface area contributed by atoms with E-state index in [1.54, 1.807) is 0 Å². The molecule has 0 unspecified atom stereocenters. The Labute approximate surface area is 186 Å². The molecule has 3 fully saturated rings. The lowest BCUT2D eigenvalue weighted by molar-refractivity contribution is -0.169. The van der Waals surface area contributed by atoms with Gasteiger partial charge in [-0.2, -0.15) is 0 Å². The van der Waals surface area contributed by atoms with E-state index in [1.807, 2.05) is 36.4 Å². The largest absolute Gasteiger partial charge is 0.479 e. The normalized spacial score (nSPS) is 23.4. The maximum absolute atomic E-state index is 12.8. The minimum Gasteiger partial charge on any atom is -0.479 e. The Hall–Kier alpha value is -3.35. The maximum Gasteiger partial charge on any atom is 0.407 e. The van der Waals surface area contributed by atoms with Crippen molar-refractivity contribution in [2.24, 2.45) is 5.92 Å². The third-order valence-electron chi connectivity index (χ3n) is 7.32. The summed E-state index contributed by atoms with van der Waals surface area (Å²) >= 11 is 0. The van der Waals surface area contributed by atoms with E-state index in [4.69, 9.17) is 4.74 Å². The highest BCUT2D eigenvalue weighted by molar-refractivity contribution is 5.90. The van der Waals surface area contributed by atoms with Gasteiger partial charge < -0.3 is 20.1 Å². The first-order chi connectivity index (χ1) is 15.5. The number of hydrogen-bond donors (Lipinski definition) is 2. The van der Waals surface area contributed by atoms with Crippen LogP contribution in [-0.4, -0.2) is 53.2 Å². The van der Waals surface area contributed by atoms with Crippen LogP contribution in [0.4, 0.5) is 4.79 Å². The number of carboxylic acid groups (broad SMARTS) is 1. The topological polar surface area (TPSA) is 95.9 Å². The quantitative estimate of drug-likeness (QED) is 0.752. The van der Waals surface area contributed by atoms with Gasteiger partial charge in [-0.1, -0.05) is 48.5 Å². The summed E-state index contributed by atoms with van der Waals surface area (Å²) in [6, 6.07) is 16.2. The number of carbonyl (C=O) groups excluding carboxylic acids is 2. The Kier molecular flexibility index (Phi) is 5.12. The molecular weight excluding hydrogens is 408 g/mol. The zero-order valence-electron chi connectivity index (χ0n) is 17.8. The first-order valence-corrected chi connectivity index (χ1v) is 11.1. The molecule has 2 bridgehead atoms. The van der Waals surface area contributed by atoms with Crippen molar-refractivity contribution >= 4 is 18.0 Å². The molecule has 1 saturated carbocycles. The molecule has 0 aromatic heterocycles. The van der Waals surface area contributed by atoms with E-state index in [0.717, 1.165) is 35.1 Å². The molecule has 7 heteroatoms. The SMILES string of the molecule is O=C(NCC(=O)N1CC2CCC1(C(=O)O)CC2)OCC1c2ccccc2-c2ccccc21. The second-order valence-electron chi connectivity index (χ2n) is 8.96. The van der Waals surface area contributed by atoms with Crippen LogP contribution >= 0.6 is 0 Å². The van der Waals surface area contributed by atoms with E-state index in [9.17, 15) is 19.5 Å². The van der Waals surface area contributed by atoms with Crippen molar-refractivity contribution in [2.45, 2.75) is 37.1 Å². The molecule has 0 spiro atoms. The minimum atomic E-state index is -1.13. The first-order valence-electron chi connectivity index (χ1n) is 11.1. The standard InChI is InChI=1S/C25H26N2O5/c28-22(27-14-16-9-11-25(27,12-10-16)23(29)30)13-26-24(31)32-15-21-19-7-3-1-5-17(19)18-6-2-4-8-20(18)21/h1-8,16,21H,9-15H2,(H,26,31)(H,29,30). The molecule has 166 valence electrons. The summed E-state index contributed by atoms with van der Waals surface area (Å²) < 4.78 is 5.47. The Bertz CT molecular complexity index is 1030. The third kappa shape index (κ3) is 3.32. The summed E-state index contributed by atoms with van der Waals surface area (Å²) in [6.07, 6.45) is 1.94. The summed E-state index contributed by atoms with van der Waals surface area (Å²) in [6.45, 7) is 0.342. The lowest BCUT2D eigenvalue weighted by atomic mass is 9.70. The molecule has 7 nitrogen and oxygen atoms in total. The van der Waals surface area contributed by atoms with Crippen molar-refractivity contribution < 1.29 is 24.2 Å². The van der Waals surface area contributed by atoms with Crippen LogP contribution in [0.1, 0.15) is 42.7 Å². The number of hydrogen-bond acceptors (Lipinski definition) is 4. The van der Waals surface area contributed by atoms with Crippen molar-refractivity contribution in [1.29, 1.82) is 0 Å². The molecule has 2 heterocycles. The predicted molar refractivity (Wildman–Crippen MR) is 117 cm³/mol. The van der Waals surface area contributed by atoms with Gasteiger partial charge in [0.05, 0.1) is 0 Å².